The highest BCUT2D eigenvalue weighted by Gasteiger charge is 2.25. The number of benzene rings is 3. The minimum Gasteiger partial charge on any atom is -0.468 e. The lowest BCUT2D eigenvalue weighted by atomic mass is 10.1. The van der Waals surface area contributed by atoms with Gasteiger partial charge in [0.2, 0.25) is 0 Å². The van der Waals surface area contributed by atoms with Gasteiger partial charge in [-0.05, 0) is 72.5 Å². The Morgan fingerprint density at radius 2 is 1.75 bits per heavy atom. The molecule has 0 saturated carbocycles. The summed E-state index contributed by atoms with van der Waals surface area (Å²) in [5.74, 6) is -0.711. The van der Waals surface area contributed by atoms with E-state index in [0.29, 0.717) is 15.5 Å². The molecule has 0 unspecified atom stereocenters. The zero-order chi connectivity index (χ0) is 25.9. The number of aryl methyl sites for hydroxylation is 2. The summed E-state index contributed by atoms with van der Waals surface area (Å²) in [6, 6.07) is 17.8. The minimum atomic E-state index is -3.59. The Labute approximate surface area is 214 Å². The molecule has 1 amide bonds. The molecular weight excluding hydrogens is 496 g/mol. The van der Waals surface area contributed by atoms with Crippen LogP contribution in [0.3, 0.4) is 0 Å². The first kappa shape index (κ1) is 25.5. The van der Waals surface area contributed by atoms with Crippen LogP contribution in [0.2, 0.25) is 0 Å². The second-order valence-corrected chi connectivity index (χ2v) is 11.5. The van der Waals surface area contributed by atoms with Gasteiger partial charge in [0, 0.05) is 10.6 Å². The number of amides is 1. The Kier molecular flexibility index (Phi) is 7.51. The van der Waals surface area contributed by atoms with Crippen molar-refractivity contribution in [3.05, 3.63) is 87.8 Å². The lowest BCUT2D eigenvalue weighted by Crippen LogP contribution is -2.18. The number of carbonyl (C=O) groups is 2. The van der Waals surface area contributed by atoms with Crippen LogP contribution in [-0.2, 0) is 29.9 Å². The molecule has 7 nitrogen and oxygen atoms in total. The topological polar surface area (TPSA) is 102 Å². The summed E-state index contributed by atoms with van der Waals surface area (Å²) >= 11 is 1.23. The smallest absolute Gasteiger partial charge is 0.325 e. The number of hydrogen-bond acceptors (Lipinski definition) is 7. The molecule has 2 N–H and O–H groups in total. The Hall–Kier alpha value is -3.56. The normalized spacial score (nSPS) is 14.2. The van der Waals surface area contributed by atoms with E-state index >= 15 is 0 Å². The van der Waals surface area contributed by atoms with E-state index < -0.39 is 9.84 Å². The van der Waals surface area contributed by atoms with Crippen LogP contribution >= 0.6 is 11.8 Å². The van der Waals surface area contributed by atoms with Crippen LogP contribution < -0.4 is 10.6 Å². The maximum Gasteiger partial charge on any atom is 0.325 e. The molecule has 1 aliphatic rings. The van der Waals surface area contributed by atoms with Crippen molar-refractivity contribution < 1.29 is 22.7 Å². The largest absolute Gasteiger partial charge is 0.468 e. The number of esters is 1. The van der Waals surface area contributed by atoms with Crippen LogP contribution in [0.1, 0.15) is 22.3 Å². The summed E-state index contributed by atoms with van der Waals surface area (Å²) in [6.45, 7) is 3.88. The summed E-state index contributed by atoms with van der Waals surface area (Å²) in [5, 5.41) is 5.80. The van der Waals surface area contributed by atoms with Crippen molar-refractivity contribution >= 4 is 50.9 Å². The molecule has 0 aliphatic carbocycles. The second-order valence-electron chi connectivity index (χ2n) is 8.40. The highest BCUT2D eigenvalue weighted by molar-refractivity contribution is 8.04. The number of thioether (sulfide) groups is 1. The van der Waals surface area contributed by atoms with E-state index in [4.69, 9.17) is 0 Å². The van der Waals surface area contributed by atoms with Gasteiger partial charge in [0.05, 0.1) is 28.4 Å². The number of sulfone groups is 1. The van der Waals surface area contributed by atoms with Crippen molar-refractivity contribution in [2.24, 2.45) is 0 Å². The monoisotopic (exact) mass is 522 g/mol. The van der Waals surface area contributed by atoms with Crippen molar-refractivity contribution in [2.75, 3.05) is 24.3 Å². The molecule has 0 saturated heterocycles. The van der Waals surface area contributed by atoms with Gasteiger partial charge in [-0.25, -0.2) is 8.42 Å². The molecule has 0 aromatic heterocycles. The number of ether oxygens (including phenoxy) is 1. The number of fused-ring (bicyclic) bond motifs is 1. The number of nitrogens with one attached hydrogen (secondary N) is 2. The molecule has 0 bridgehead atoms. The maximum atomic E-state index is 13.2. The van der Waals surface area contributed by atoms with Gasteiger partial charge in [-0.15, -0.1) is 0 Å². The molecule has 0 radical (unpaired) electrons. The first-order valence-corrected chi connectivity index (χ1v) is 13.7. The third kappa shape index (κ3) is 5.80. The summed E-state index contributed by atoms with van der Waals surface area (Å²) in [7, 11) is -2.26. The van der Waals surface area contributed by atoms with Crippen molar-refractivity contribution in [3.8, 4) is 0 Å². The van der Waals surface area contributed by atoms with Crippen LogP contribution in [0.5, 0.6) is 0 Å². The Balaban J connectivity index is 1.55. The number of rotatable bonds is 7. The van der Waals surface area contributed by atoms with Gasteiger partial charge < -0.3 is 15.4 Å². The van der Waals surface area contributed by atoms with E-state index in [1.807, 2.05) is 44.2 Å². The number of methoxy groups -OCH3 is 1. The Morgan fingerprint density at radius 3 is 2.42 bits per heavy atom. The summed E-state index contributed by atoms with van der Waals surface area (Å²) in [5.41, 5.74) is 4.80. The standard InChI is InChI=1S/C27H26N2O5S2/c1-17-5-4-6-18(2)22(17)16-36(32,33)21-11-12-23-24(14-21)35-25(27(31)29-23)13-19-7-9-20(10-8-19)28-15-26(30)34-3/h4-14,28H,15-16H2,1-3H3,(H,29,31)/b25-13-. The van der Waals surface area contributed by atoms with Crippen molar-refractivity contribution in [2.45, 2.75) is 29.4 Å². The van der Waals surface area contributed by atoms with E-state index in [-0.39, 0.29) is 29.1 Å². The van der Waals surface area contributed by atoms with Crippen LogP contribution in [0.25, 0.3) is 6.08 Å². The average Bonchev–Trinajstić information content (AvgIpc) is 2.86. The summed E-state index contributed by atoms with van der Waals surface area (Å²) < 4.78 is 31.1. The third-order valence-corrected chi connectivity index (χ3v) is 8.58. The molecule has 1 aliphatic heterocycles. The molecule has 9 heteroatoms. The molecule has 4 rings (SSSR count). The number of carbonyl (C=O) groups excluding carboxylic acids is 2. The van der Waals surface area contributed by atoms with Crippen molar-refractivity contribution in [3.63, 3.8) is 0 Å². The Bertz CT molecular complexity index is 1440. The van der Waals surface area contributed by atoms with Gasteiger partial charge in [-0.1, -0.05) is 42.1 Å². The molecule has 186 valence electrons. The highest BCUT2D eigenvalue weighted by atomic mass is 32.2. The fraction of sp³-hybridized carbons (Fsp3) is 0.185. The lowest BCUT2D eigenvalue weighted by molar-refractivity contribution is -0.138. The predicted molar refractivity (Wildman–Crippen MR) is 143 cm³/mol. The Morgan fingerprint density at radius 1 is 1.06 bits per heavy atom. The molecule has 3 aromatic rings. The van der Waals surface area contributed by atoms with E-state index in [9.17, 15) is 18.0 Å². The summed E-state index contributed by atoms with van der Waals surface area (Å²) in [4.78, 5) is 25.3. The van der Waals surface area contributed by atoms with Crippen LogP contribution in [0, 0.1) is 13.8 Å². The van der Waals surface area contributed by atoms with E-state index in [1.165, 1.54) is 24.9 Å². The van der Waals surface area contributed by atoms with Gasteiger partial charge in [0.15, 0.2) is 9.84 Å². The molecule has 0 spiro atoms. The quantitative estimate of drug-likeness (QED) is 0.334. The first-order chi connectivity index (χ1) is 17.2. The van der Waals surface area contributed by atoms with E-state index in [0.717, 1.165) is 27.9 Å². The van der Waals surface area contributed by atoms with Crippen molar-refractivity contribution in [1.29, 1.82) is 0 Å². The minimum absolute atomic E-state index is 0.0562. The van der Waals surface area contributed by atoms with Gasteiger partial charge in [-0.3, -0.25) is 9.59 Å². The fourth-order valence-corrected chi connectivity index (χ4v) is 6.41. The molecule has 36 heavy (non-hydrogen) atoms. The highest BCUT2D eigenvalue weighted by Crippen LogP contribution is 2.40. The van der Waals surface area contributed by atoms with Crippen LogP contribution in [-0.4, -0.2) is 33.9 Å². The third-order valence-electron chi connectivity index (χ3n) is 5.86. The average molecular weight is 523 g/mol. The van der Waals surface area contributed by atoms with Gasteiger partial charge in [-0.2, -0.15) is 0 Å². The van der Waals surface area contributed by atoms with Crippen LogP contribution in [0.15, 0.2) is 75.4 Å². The maximum absolute atomic E-state index is 13.2. The van der Waals surface area contributed by atoms with Gasteiger partial charge in [0.25, 0.3) is 5.91 Å². The van der Waals surface area contributed by atoms with Gasteiger partial charge in [0.1, 0.15) is 6.54 Å². The molecular formula is C27H26N2O5S2. The van der Waals surface area contributed by atoms with Gasteiger partial charge >= 0.3 is 5.97 Å². The SMILES string of the molecule is COC(=O)CNc1ccc(/C=C2\Sc3cc(S(=O)(=O)Cc4c(C)cccc4C)ccc3NC2=O)cc1. The van der Waals surface area contributed by atoms with Crippen molar-refractivity contribution in [1.82, 2.24) is 0 Å². The zero-order valence-electron chi connectivity index (χ0n) is 20.1. The van der Waals surface area contributed by atoms with E-state index in [2.05, 4.69) is 15.4 Å². The van der Waals surface area contributed by atoms with Crippen LogP contribution in [0.4, 0.5) is 11.4 Å². The molecule has 1 heterocycles. The summed E-state index contributed by atoms with van der Waals surface area (Å²) in [6.07, 6.45) is 1.74. The first-order valence-electron chi connectivity index (χ1n) is 11.2. The second kappa shape index (κ2) is 10.6. The number of hydrogen-bond donors (Lipinski definition) is 2. The molecule has 3 aromatic carbocycles. The predicted octanol–water partition coefficient (Wildman–Crippen LogP) is 4.95. The lowest BCUT2D eigenvalue weighted by Gasteiger charge is -2.20. The zero-order valence-corrected chi connectivity index (χ0v) is 21.8. The number of anilines is 2. The molecule has 0 fully saturated rings. The fourth-order valence-electron chi connectivity index (χ4n) is 3.77. The molecule has 0 atom stereocenters. The van der Waals surface area contributed by atoms with E-state index in [1.54, 1.807) is 30.3 Å².